The van der Waals surface area contributed by atoms with Gasteiger partial charge in [-0.05, 0) is 63.9 Å². The highest BCUT2D eigenvalue weighted by atomic mass is 16.5. The number of ether oxygens (including phenoxy) is 1. The van der Waals surface area contributed by atoms with Crippen molar-refractivity contribution in [1.29, 1.82) is 0 Å². The number of anilines is 1. The van der Waals surface area contributed by atoms with Crippen LogP contribution in [0.1, 0.15) is 33.3 Å². The van der Waals surface area contributed by atoms with E-state index in [-0.39, 0.29) is 11.6 Å². The summed E-state index contributed by atoms with van der Waals surface area (Å²) >= 11 is 0. The molecule has 19 heavy (non-hydrogen) atoms. The highest BCUT2D eigenvalue weighted by molar-refractivity contribution is 5.84. The molecule has 0 spiro atoms. The van der Waals surface area contributed by atoms with Crippen LogP contribution in [0.4, 0.5) is 5.82 Å². The predicted octanol–water partition coefficient (Wildman–Crippen LogP) is 3.77. The first-order chi connectivity index (χ1) is 8.93. The molecule has 0 atom stereocenters. The summed E-state index contributed by atoms with van der Waals surface area (Å²) < 4.78 is 5.74. The van der Waals surface area contributed by atoms with Crippen LogP contribution in [0.5, 0.6) is 5.75 Å². The summed E-state index contributed by atoms with van der Waals surface area (Å²) in [4.78, 5) is 4.70. The summed E-state index contributed by atoms with van der Waals surface area (Å²) in [5.74, 6) is 1.93. The molecule has 0 unspecified atom stereocenters. The molecule has 1 aliphatic rings. The van der Waals surface area contributed by atoms with Crippen LogP contribution in [-0.2, 0) is 6.42 Å². The number of hydrogen-bond donors (Lipinski definition) is 1. The summed E-state index contributed by atoms with van der Waals surface area (Å²) in [6.45, 7) is 8.48. The first kappa shape index (κ1) is 12.3. The number of benzene rings is 1. The molecule has 3 nitrogen and oxygen atoms in total. The first-order valence-corrected chi connectivity index (χ1v) is 6.81. The molecule has 100 valence electrons. The summed E-state index contributed by atoms with van der Waals surface area (Å²) in [6, 6.07) is 8.32. The largest absolute Gasteiger partial charge is 0.491 e. The Kier molecular flexibility index (Phi) is 2.66. The van der Waals surface area contributed by atoms with Gasteiger partial charge in [-0.25, -0.2) is 4.98 Å². The molecular weight excluding hydrogens is 236 g/mol. The van der Waals surface area contributed by atoms with Crippen molar-refractivity contribution in [3.05, 3.63) is 29.8 Å². The van der Waals surface area contributed by atoms with Gasteiger partial charge in [0.2, 0.25) is 0 Å². The third-order valence-corrected chi connectivity index (χ3v) is 3.33. The number of nitrogens with zero attached hydrogens (tertiary/aromatic N) is 1. The first-order valence-electron chi connectivity index (χ1n) is 6.81. The Labute approximate surface area is 114 Å². The summed E-state index contributed by atoms with van der Waals surface area (Å²) in [7, 11) is 0. The average molecular weight is 256 g/mol. The number of pyridine rings is 1. The van der Waals surface area contributed by atoms with Crippen molar-refractivity contribution in [3.63, 3.8) is 0 Å². The maximum Gasteiger partial charge on any atom is 0.130 e. The summed E-state index contributed by atoms with van der Waals surface area (Å²) in [5, 5.41) is 4.62. The van der Waals surface area contributed by atoms with E-state index in [1.807, 2.05) is 26.0 Å². The van der Waals surface area contributed by atoms with Crippen LogP contribution in [0.25, 0.3) is 10.9 Å². The van der Waals surface area contributed by atoms with Gasteiger partial charge in [-0.2, -0.15) is 0 Å². The molecule has 0 bridgehead atoms. The number of nitrogens with one attached hydrogen (secondary N) is 1. The van der Waals surface area contributed by atoms with Crippen LogP contribution >= 0.6 is 0 Å². The van der Waals surface area contributed by atoms with Crippen molar-refractivity contribution in [1.82, 2.24) is 4.98 Å². The van der Waals surface area contributed by atoms with Crippen molar-refractivity contribution in [2.24, 2.45) is 0 Å². The molecule has 3 heteroatoms. The van der Waals surface area contributed by atoms with Crippen molar-refractivity contribution in [3.8, 4) is 5.75 Å². The Morgan fingerprint density at radius 2 is 2.05 bits per heavy atom. The lowest BCUT2D eigenvalue weighted by atomic mass is 10.0. The zero-order valence-electron chi connectivity index (χ0n) is 11.9. The molecule has 0 fully saturated rings. The fraction of sp³-hybridized carbons (Fsp3) is 0.438. The summed E-state index contributed by atoms with van der Waals surface area (Å²) in [6.07, 6.45) is 1.21. The van der Waals surface area contributed by atoms with Gasteiger partial charge < -0.3 is 10.1 Å². The Morgan fingerprint density at radius 3 is 2.79 bits per heavy atom. The molecule has 0 saturated carbocycles. The molecule has 1 aromatic heterocycles. The molecule has 0 radical (unpaired) electrons. The minimum Gasteiger partial charge on any atom is -0.491 e. The highest BCUT2D eigenvalue weighted by Gasteiger charge is 2.28. The molecule has 2 aromatic rings. The standard InChI is InChI=1S/C16H20N2O/c1-10(2)19-13-5-6-14-11(8-13)7-12-9-16(3,4)18-15(12)17-14/h5-8,10H,9H2,1-4H3,(H,17,18). The molecule has 3 rings (SSSR count). The Balaban J connectivity index is 2.04. The van der Waals surface area contributed by atoms with Gasteiger partial charge in [0, 0.05) is 10.9 Å². The predicted molar refractivity (Wildman–Crippen MR) is 78.9 cm³/mol. The molecule has 2 heterocycles. The monoisotopic (exact) mass is 256 g/mol. The van der Waals surface area contributed by atoms with Gasteiger partial charge in [-0.1, -0.05) is 0 Å². The number of rotatable bonds is 2. The van der Waals surface area contributed by atoms with E-state index in [0.717, 1.165) is 28.9 Å². The molecular formula is C16H20N2O. The fourth-order valence-electron chi connectivity index (χ4n) is 2.63. The van der Waals surface area contributed by atoms with Crippen molar-refractivity contribution in [2.45, 2.75) is 45.8 Å². The zero-order valence-corrected chi connectivity index (χ0v) is 11.9. The van der Waals surface area contributed by atoms with Gasteiger partial charge in [-0.15, -0.1) is 0 Å². The molecule has 1 aliphatic heterocycles. The molecule has 1 N–H and O–H groups in total. The van der Waals surface area contributed by atoms with E-state index in [1.54, 1.807) is 0 Å². The number of aromatic nitrogens is 1. The highest BCUT2D eigenvalue weighted by Crippen LogP contribution is 2.33. The topological polar surface area (TPSA) is 34.1 Å². The van der Waals surface area contributed by atoms with Gasteiger partial charge >= 0.3 is 0 Å². The minimum absolute atomic E-state index is 0.101. The van der Waals surface area contributed by atoms with E-state index in [0.29, 0.717) is 0 Å². The van der Waals surface area contributed by atoms with E-state index in [2.05, 4.69) is 31.3 Å². The normalized spacial score (nSPS) is 16.5. The van der Waals surface area contributed by atoms with Gasteiger partial charge in [-0.3, -0.25) is 0 Å². The van der Waals surface area contributed by atoms with Crippen molar-refractivity contribution < 1.29 is 4.74 Å². The number of fused-ring (bicyclic) bond motifs is 2. The van der Waals surface area contributed by atoms with Crippen molar-refractivity contribution >= 4 is 16.7 Å². The van der Waals surface area contributed by atoms with Crippen LogP contribution in [0, 0.1) is 0 Å². The van der Waals surface area contributed by atoms with E-state index >= 15 is 0 Å². The Hall–Kier alpha value is -1.77. The van der Waals surface area contributed by atoms with Crippen LogP contribution < -0.4 is 10.1 Å². The van der Waals surface area contributed by atoms with E-state index in [4.69, 9.17) is 9.72 Å². The third kappa shape index (κ3) is 2.37. The second-order valence-corrected chi connectivity index (χ2v) is 6.20. The number of hydrogen-bond acceptors (Lipinski definition) is 3. The SMILES string of the molecule is CC(C)Oc1ccc2nc3c(cc2c1)CC(C)(C)N3. The molecule has 0 amide bonds. The van der Waals surface area contributed by atoms with E-state index in [1.165, 1.54) is 5.56 Å². The van der Waals surface area contributed by atoms with Crippen molar-refractivity contribution in [2.75, 3.05) is 5.32 Å². The molecule has 0 saturated heterocycles. The van der Waals surface area contributed by atoms with Crippen LogP contribution in [0.15, 0.2) is 24.3 Å². The van der Waals surface area contributed by atoms with E-state index in [9.17, 15) is 0 Å². The maximum atomic E-state index is 5.74. The Morgan fingerprint density at radius 1 is 1.26 bits per heavy atom. The minimum atomic E-state index is 0.101. The smallest absolute Gasteiger partial charge is 0.130 e. The van der Waals surface area contributed by atoms with E-state index < -0.39 is 0 Å². The lowest BCUT2D eigenvalue weighted by Crippen LogP contribution is -2.27. The zero-order chi connectivity index (χ0) is 13.6. The average Bonchev–Trinajstić information content (AvgIpc) is 2.57. The Bertz CT molecular complexity index is 632. The molecule has 1 aromatic carbocycles. The van der Waals surface area contributed by atoms with Crippen LogP contribution in [0.3, 0.4) is 0 Å². The third-order valence-electron chi connectivity index (χ3n) is 3.33. The quantitative estimate of drug-likeness (QED) is 0.888. The second-order valence-electron chi connectivity index (χ2n) is 6.20. The van der Waals surface area contributed by atoms with Gasteiger partial charge in [0.25, 0.3) is 0 Å². The fourth-order valence-corrected chi connectivity index (χ4v) is 2.63. The lowest BCUT2D eigenvalue weighted by Gasteiger charge is -2.17. The van der Waals surface area contributed by atoms with Gasteiger partial charge in [0.15, 0.2) is 0 Å². The second kappa shape index (κ2) is 4.12. The maximum absolute atomic E-state index is 5.74. The van der Waals surface area contributed by atoms with Gasteiger partial charge in [0.1, 0.15) is 11.6 Å². The summed E-state index contributed by atoms with van der Waals surface area (Å²) in [5.41, 5.74) is 2.41. The van der Waals surface area contributed by atoms with Gasteiger partial charge in [0.05, 0.1) is 11.6 Å². The lowest BCUT2D eigenvalue weighted by molar-refractivity contribution is 0.243. The van der Waals surface area contributed by atoms with Crippen LogP contribution in [-0.4, -0.2) is 16.6 Å². The van der Waals surface area contributed by atoms with Crippen LogP contribution in [0.2, 0.25) is 0 Å². The molecule has 0 aliphatic carbocycles.